The number of halogens is 1. The number of aromatic amines is 1. The van der Waals surface area contributed by atoms with Gasteiger partial charge in [-0.25, -0.2) is 8.42 Å². The molecule has 2 aromatic carbocycles. The number of rotatable bonds is 5. The number of fused-ring (bicyclic) bond motifs is 1. The van der Waals surface area contributed by atoms with Crippen molar-refractivity contribution in [2.24, 2.45) is 0 Å². The molecular weight excluding hydrogens is 478 g/mol. The number of hydrogen-bond acceptors (Lipinski definition) is 6. The van der Waals surface area contributed by atoms with Crippen molar-refractivity contribution in [1.82, 2.24) is 14.5 Å². The van der Waals surface area contributed by atoms with Gasteiger partial charge in [0.2, 0.25) is 15.9 Å². The SMILES string of the molecule is Cc1cc(S(=O)(=O)N2CCCC2C(=O)Nc2ccc(N3CCOCC3)c(Cl)c2)c2[nH]ncc2c1. The highest BCUT2D eigenvalue weighted by molar-refractivity contribution is 7.89. The molecule has 9 nitrogen and oxygen atoms in total. The zero-order valence-corrected chi connectivity index (χ0v) is 20.3. The van der Waals surface area contributed by atoms with Gasteiger partial charge >= 0.3 is 0 Å². The highest BCUT2D eigenvalue weighted by Gasteiger charge is 2.40. The molecule has 1 unspecified atom stereocenters. The average molecular weight is 504 g/mol. The Morgan fingerprint density at radius 2 is 2.00 bits per heavy atom. The highest BCUT2D eigenvalue weighted by atomic mass is 35.5. The Balaban J connectivity index is 1.37. The van der Waals surface area contributed by atoms with Crippen LogP contribution in [0, 0.1) is 6.92 Å². The van der Waals surface area contributed by atoms with Crippen molar-refractivity contribution in [3.8, 4) is 0 Å². The molecule has 180 valence electrons. The second kappa shape index (κ2) is 9.18. The van der Waals surface area contributed by atoms with Crippen molar-refractivity contribution in [1.29, 1.82) is 0 Å². The number of anilines is 2. The van der Waals surface area contributed by atoms with Crippen LogP contribution in [0.4, 0.5) is 11.4 Å². The molecular formula is C23H26ClN5O4S. The number of aryl methyl sites for hydroxylation is 1. The maximum absolute atomic E-state index is 13.6. The number of morpholine rings is 1. The predicted octanol–water partition coefficient (Wildman–Crippen LogP) is 3.15. The van der Waals surface area contributed by atoms with Crippen molar-refractivity contribution in [2.75, 3.05) is 43.1 Å². The number of aromatic nitrogens is 2. The van der Waals surface area contributed by atoms with Gasteiger partial charge in [-0.05, 0) is 55.7 Å². The predicted molar refractivity (Wildman–Crippen MR) is 131 cm³/mol. The van der Waals surface area contributed by atoms with E-state index in [4.69, 9.17) is 16.3 Å². The van der Waals surface area contributed by atoms with Crippen LogP contribution in [0.5, 0.6) is 0 Å². The molecule has 2 aliphatic rings. The number of hydrogen-bond donors (Lipinski definition) is 2. The summed E-state index contributed by atoms with van der Waals surface area (Å²) in [4.78, 5) is 15.5. The number of nitrogens with zero attached hydrogens (tertiary/aromatic N) is 3. The molecule has 1 atom stereocenters. The van der Waals surface area contributed by atoms with Gasteiger partial charge in [0.15, 0.2) is 0 Å². The lowest BCUT2D eigenvalue weighted by Crippen LogP contribution is -2.43. The first-order valence-corrected chi connectivity index (χ1v) is 13.0. The van der Waals surface area contributed by atoms with Gasteiger partial charge in [0.25, 0.3) is 0 Å². The summed E-state index contributed by atoms with van der Waals surface area (Å²) in [6, 6.07) is 8.04. The van der Waals surface area contributed by atoms with Gasteiger partial charge in [0.1, 0.15) is 10.9 Å². The minimum Gasteiger partial charge on any atom is -0.378 e. The van der Waals surface area contributed by atoms with E-state index in [0.29, 0.717) is 47.7 Å². The zero-order valence-electron chi connectivity index (χ0n) is 18.8. The monoisotopic (exact) mass is 503 g/mol. The summed E-state index contributed by atoms with van der Waals surface area (Å²) in [5.41, 5.74) is 2.67. The van der Waals surface area contributed by atoms with Gasteiger partial charge in [-0.2, -0.15) is 9.40 Å². The van der Waals surface area contributed by atoms with Gasteiger partial charge < -0.3 is 15.0 Å². The fraction of sp³-hybridized carbons (Fsp3) is 0.391. The van der Waals surface area contributed by atoms with Crippen LogP contribution in [0.15, 0.2) is 41.4 Å². The first-order chi connectivity index (χ1) is 16.3. The number of ether oxygens (including phenoxy) is 1. The van der Waals surface area contributed by atoms with E-state index >= 15 is 0 Å². The Morgan fingerprint density at radius 1 is 1.21 bits per heavy atom. The second-order valence-corrected chi connectivity index (χ2v) is 10.9. The average Bonchev–Trinajstić information content (AvgIpc) is 3.49. The molecule has 2 saturated heterocycles. The summed E-state index contributed by atoms with van der Waals surface area (Å²) in [6.45, 7) is 4.91. The maximum atomic E-state index is 13.6. The Kier molecular flexibility index (Phi) is 6.24. The van der Waals surface area contributed by atoms with E-state index in [9.17, 15) is 13.2 Å². The van der Waals surface area contributed by atoms with Crippen LogP contribution in [0.2, 0.25) is 5.02 Å². The summed E-state index contributed by atoms with van der Waals surface area (Å²) in [5, 5.41) is 10.9. The fourth-order valence-corrected chi connectivity index (χ4v) is 6.87. The van der Waals surface area contributed by atoms with Crippen LogP contribution < -0.4 is 10.2 Å². The smallest absolute Gasteiger partial charge is 0.245 e. The lowest BCUT2D eigenvalue weighted by Gasteiger charge is -2.29. The minimum atomic E-state index is -3.92. The van der Waals surface area contributed by atoms with E-state index in [-0.39, 0.29) is 17.3 Å². The molecule has 1 aromatic heterocycles. The zero-order chi connectivity index (χ0) is 23.9. The molecule has 0 saturated carbocycles. The Bertz CT molecular complexity index is 1340. The third-order valence-electron chi connectivity index (χ3n) is 6.32. The molecule has 0 radical (unpaired) electrons. The van der Waals surface area contributed by atoms with Gasteiger partial charge in [-0.3, -0.25) is 9.89 Å². The van der Waals surface area contributed by atoms with Gasteiger partial charge in [0, 0.05) is 30.7 Å². The lowest BCUT2D eigenvalue weighted by molar-refractivity contribution is -0.119. The lowest BCUT2D eigenvalue weighted by atomic mass is 10.2. The molecule has 0 bridgehead atoms. The van der Waals surface area contributed by atoms with Gasteiger partial charge in [-0.15, -0.1) is 0 Å². The van der Waals surface area contributed by atoms with Crippen LogP contribution in [-0.4, -0.2) is 67.7 Å². The Labute approximate surface area is 203 Å². The van der Waals surface area contributed by atoms with Crippen LogP contribution in [-0.2, 0) is 19.6 Å². The first-order valence-electron chi connectivity index (χ1n) is 11.2. The van der Waals surface area contributed by atoms with Gasteiger partial charge in [0.05, 0.1) is 35.6 Å². The molecule has 2 aliphatic heterocycles. The molecule has 0 aliphatic carbocycles. The van der Waals surface area contributed by atoms with E-state index in [1.54, 1.807) is 24.4 Å². The highest BCUT2D eigenvalue weighted by Crippen LogP contribution is 2.33. The third-order valence-corrected chi connectivity index (χ3v) is 8.55. The van der Waals surface area contributed by atoms with Crippen LogP contribution in [0.1, 0.15) is 18.4 Å². The van der Waals surface area contributed by atoms with Crippen molar-refractivity contribution in [2.45, 2.75) is 30.7 Å². The molecule has 34 heavy (non-hydrogen) atoms. The molecule has 5 rings (SSSR count). The van der Waals surface area contributed by atoms with E-state index in [0.717, 1.165) is 24.3 Å². The van der Waals surface area contributed by atoms with Crippen LogP contribution in [0.3, 0.4) is 0 Å². The topological polar surface area (TPSA) is 108 Å². The molecule has 0 spiro atoms. The van der Waals surface area contributed by atoms with Gasteiger partial charge in [-0.1, -0.05) is 11.6 Å². The van der Waals surface area contributed by atoms with Crippen molar-refractivity contribution in [3.05, 3.63) is 47.1 Å². The first kappa shape index (κ1) is 23.1. The summed E-state index contributed by atoms with van der Waals surface area (Å²) in [6.07, 6.45) is 2.65. The summed E-state index contributed by atoms with van der Waals surface area (Å²) < 4.78 is 33.9. The van der Waals surface area contributed by atoms with Crippen LogP contribution in [0.25, 0.3) is 10.9 Å². The fourth-order valence-electron chi connectivity index (χ4n) is 4.66. The number of carbonyl (C=O) groups is 1. The van der Waals surface area contributed by atoms with Crippen LogP contribution >= 0.6 is 11.6 Å². The quantitative estimate of drug-likeness (QED) is 0.554. The number of amides is 1. The standard InChI is InChI=1S/C23H26ClN5O4S/c1-15-11-16-14-25-27-22(16)21(12-15)34(31,32)29-6-2-3-20(29)23(30)26-17-4-5-19(18(24)13-17)28-7-9-33-10-8-28/h4-5,11-14,20H,2-3,6-10H2,1H3,(H,25,27)(H,26,30). The number of nitrogens with one attached hydrogen (secondary N) is 2. The van der Waals surface area contributed by atoms with Crippen molar-refractivity contribution >= 4 is 49.8 Å². The Hall–Kier alpha value is -2.66. The number of carbonyl (C=O) groups excluding carboxylic acids is 1. The van der Waals surface area contributed by atoms with E-state index in [1.165, 1.54) is 4.31 Å². The summed E-state index contributed by atoms with van der Waals surface area (Å²) in [7, 11) is -3.92. The molecule has 2 N–H and O–H groups in total. The van der Waals surface area contributed by atoms with Crippen molar-refractivity contribution in [3.63, 3.8) is 0 Å². The number of H-pyrrole nitrogens is 1. The van der Waals surface area contributed by atoms with E-state index in [1.807, 2.05) is 19.1 Å². The van der Waals surface area contributed by atoms with E-state index in [2.05, 4.69) is 20.4 Å². The molecule has 1 amide bonds. The molecule has 3 aromatic rings. The summed E-state index contributed by atoms with van der Waals surface area (Å²) in [5.74, 6) is -0.371. The van der Waals surface area contributed by atoms with Crippen molar-refractivity contribution < 1.29 is 17.9 Å². The Morgan fingerprint density at radius 3 is 2.76 bits per heavy atom. The molecule has 2 fully saturated rings. The summed E-state index contributed by atoms with van der Waals surface area (Å²) >= 11 is 6.50. The maximum Gasteiger partial charge on any atom is 0.245 e. The normalized spacial score (nSPS) is 19.6. The second-order valence-electron chi connectivity index (χ2n) is 8.63. The molecule has 3 heterocycles. The third kappa shape index (κ3) is 4.26. The number of benzene rings is 2. The molecule has 11 heteroatoms. The van der Waals surface area contributed by atoms with E-state index < -0.39 is 16.1 Å². The minimum absolute atomic E-state index is 0.137. The number of sulfonamides is 1. The largest absolute Gasteiger partial charge is 0.378 e.